The number of hydrogen-bond acceptors (Lipinski definition) is 6. The van der Waals surface area contributed by atoms with Gasteiger partial charge in [-0.1, -0.05) is 284 Å². The summed E-state index contributed by atoms with van der Waals surface area (Å²) in [5, 5.41) is 0. The van der Waals surface area contributed by atoms with Crippen molar-refractivity contribution < 1.29 is 28.6 Å². The maximum atomic E-state index is 13.0. The van der Waals surface area contributed by atoms with E-state index >= 15 is 0 Å². The number of carbonyl (C=O) groups is 3. The number of hydrogen-bond donors (Lipinski definition) is 0. The lowest BCUT2D eigenvalue weighted by Crippen LogP contribution is -2.30. The lowest BCUT2D eigenvalue weighted by molar-refractivity contribution is -0.167. The van der Waals surface area contributed by atoms with Crippen LogP contribution in [0.5, 0.6) is 0 Å². The molecule has 0 fully saturated rings. The highest BCUT2D eigenvalue weighted by molar-refractivity contribution is 5.71. The van der Waals surface area contributed by atoms with E-state index in [-0.39, 0.29) is 31.1 Å². The van der Waals surface area contributed by atoms with Gasteiger partial charge in [0.2, 0.25) is 0 Å². The third-order valence-electron chi connectivity index (χ3n) is 14.5. The van der Waals surface area contributed by atoms with Gasteiger partial charge in [-0.05, 0) is 128 Å². The Morgan fingerprint density at radius 1 is 0.263 bits per heavy atom. The van der Waals surface area contributed by atoms with Gasteiger partial charge >= 0.3 is 17.9 Å². The molecule has 0 rings (SSSR count). The largest absolute Gasteiger partial charge is 0.462 e. The van der Waals surface area contributed by atoms with Crippen molar-refractivity contribution in [3.05, 3.63) is 109 Å². The van der Waals surface area contributed by atoms with E-state index in [1.54, 1.807) is 0 Å². The number of unbranched alkanes of at least 4 members (excludes halogenated alkanes) is 32. The molecule has 0 aromatic rings. The first kappa shape index (κ1) is 76.1. The topological polar surface area (TPSA) is 78.9 Å². The smallest absolute Gasteiger partial charge is 0.306 e. The van der Waals surface area contributed by atoms with Crippen LogP contribution in [0.25, 0.3) is 0 Å². The molecule has 0 aromatic heterocycles. The van der Waals surface area contributed by atoms with Crippen molar-refractivity contribution in [2.24, 2.45) is 0 Å². The SMILES string of the molecule is CC/C=C\C/C=C\C/C=C\C/C=C\C/C=C\CCCCCCCCCC(=O)OCC(COC(=O)CCCCCCCCC/C=C\C/C=C\CCCCCC)OC(=O)CCCCCCCCCCC/C=C\C/C=C\CCCCCCC. The minimum absolute atomic E-state index is 0.0876. The first-order valence-corrected chi connectivity index (χ1v) is 33.9. The van der Waals surface area contributed by atoms with Crippen molar-refractivity contribution in [3.8, 4) is 0 Å². The number of esters is 3. The average Bonchev–Trinajstić information content (AvgIpc) is 3.46. The van der Waals surface area contributed by atoms with Crippen LogP contribution in [0.2, 0.25) is 0 Å². The molecule has 0 amide bonds. The molecule has 0 radical (unpaired) electrons. The molecule has 458 valence electrons. The van der Waals surface area contributed by atoms with Crippen LogP contribution in [0.4, 0.5) is 0 Å². The predicted octanol–water partition coefficient (Wildman–Crippen LogP) is 23.4. The van der Waals surface area contributed by atoms with Crippen molar-refractivity contribution in [1.82, 2.24) is 0 Å². The van der Waals surface area contributed by atoms with Gasteiger partial charge in [0.15, 0.2) is 6.10 Å². The molecule has 80 heavy (non-hydrogen) atoms. The third kappa shape index (κ3) is 64.9. The number of ether oxygens (including phenoxy) is 3. The molecular formula is C74H126O6. The van der Waals surface area contributed by atoms with Crippen molar-refractivity contribution in [1.29, 1.82) is 0 Å². The predicted molar refractivity (Wildman–Crippen MR) is 348 cm³/mol. The van der Waals surface area contributed by atoms with E-state index in [0.29, 0.717) is 19.3 Å². The van der Waals surface area contributed by atoms with Gasteiger partial charge in [-0.3, -0.25) is 14.4 Å². The zero-order chi connectivity index (χ0) is 57.8. The highest BCUT2D eigenvalue weighted by Gasteiger charge is 2.19. The molecule has 6 heteroatoms. The van der Waals surface area contributed by atoms with Crippen LogP contribution < -0.4 is 0 Å². The number of rotatable bonds is 61. The molecule has 0 aliphatic heterocycles. The zero-order valence-corrected chi connectivity index (χ0v) is 52.6. The molecular weight excluding hydrogens is 985 g/mol. The first-order chi connectivity index (χ1) is 39.5. The molecule has 0 aliphatic rings. The van der Waals surface area contributed by atoms with Gasteiger partial charge in [-0.2, -0.15) is 0 Å². The summed E-state index contributed by atoms with van der Waals surface area (Å²) in [6.07, 6.45) is 92.3. The Bertz CT molecular complexity index is 1610. The molecule has 0 spiro atoms. The Hall–Kier alpha value is -3.93. The highest BCUT2D eigenvalue weighted by atomic mass is 16.6. The minimum atomic E-state index is -0.793. The lowest BCUT2D eigenvalue weighted by atomic mass is 10.1. The fourth-order valence-electron chi connectivity index (χ4n) is 9.41. The monoisotopic (exact) mass is 1110 g/mol. The van der Waals surface area contributed by atoms with E-state index in [4.69, 9.17) is 14.2 Å². The number of carbonyl (C=O) groups excluding carboxylic acids is 3. The van der Waals surface area contributed by atoms with Crippen molar-refractivity contribution >= 4 is 17.9 Å². The second-order valence-corrected chi connectivity index (χ2v) is 22.3. The normalized spacial score (nSPS) is 12.8. The van der Waals surface area contributed by atoms with Crippen LogP contribution in [-0.2, 0) is 28.6 Å². The van der Waals surface area contributed by atoms with Gasteiger partial charge < -0.3 is 14.2 Å². The molecule has 0 aromatic carbocycles. The number of allylic oxidation sites excluding steroid dienone is 18. The zero-order valence-electron chi connectivity index (χ0n) is 52.6. The van der Waals surface area contributed by atoms with Crippen molar-refractivity contribution in [2.45, 2.75) is 329 Å². The van der Waals surface area contributed by atoms with Crippen LogP contribution in [-0.4, -0.2) is 37.2 Å². The molecule has 0 aliphatic carbocycles. The van der Waals surface area contributed by atoms with Crippen LogP contribution in [0.3, 0.4) is 0 Å². The summed E-state index contributed by atoms with van der Waals surface area (Å²) in [7, 11) is 0. The van der Waals surface area contributed by atoms with Crippen molar-refractivity contribution in [2.75, 3.05) is 13.2 Å². The van der Waals surface area contributed by atoms with Crippen LogP contribution in [0.1, 0.15) is 323 Å². The fourth-order valence-corrected chi connectivity index (χ4v) is 9.41. The summed E-state index contributed by atoms with van der Waals surface area (Å²) in [5.41, 5.74) is 0. The molecule has 0 bridgehead atoms. The molecule has 0 N–H and O–H groups in total. The van der Waals surface area contributed by atoms with Gasteiger partial charge in [0.1, 0.15) is 13.2 Å². The second kappa shape index (κ2) is 67.6. The highest BCUT2D eigenvalue weighted by Crippen LogP contribution is 2.16. The van der Waals surface area contributed by atoms with Crippen LogP contribution in [0, 0.1) is 0 Å². The summed E-state index contributed by atoms with van der Waals surface area (Å²) < 4.78 is 17.0. The van der Waals surface area contributed by atoms with Gasteiger partial charge in [0, 0.05) is 19.3 Å². The summed E-state index contributed by atoms with van der Waals surface area (Å²) in [4.78, 5) is 38.5. The average molecular weight is 1110 g/mol. The first-order valence-electron chi connectivity index (χ1n) is 33.9. The van der Waals surface area contributed by atoms with E-state index in [2.05, 4.69) is 130 Å². The Morgan fingerprint density at radius 2 is 0.487 bits per heavy atom. The quantitative estimate of drug-likeness (QED) is 0.0261. The second-order valence-electron chi connectivity index (χ2n) is 22.3. The van der Waals surface area contributed by atoms with E-state index < -0.39 is 6.10 Å². The molecule has 0 heterocycles. The Morgan fingerprint density at radius 3 is 0.775 bits per heavy atom. The standard InChI is InChI=1S/C74H126O6/c1-4-7-10-13-16-19-22-25-28-31-34-36-37-39-40-43-46-49-52-55-58-61-64-67-73(76)79-70-71(69-78-72(75)66-63-60-57-54-51-48-45-42-33-30-27-24-21-18-15-12-9-6-3)80-74(77)68-65-62-59-56-53-50-47-44-41-38-35-32-29-26-23-20-17-14-11-8-5-2/h7,10,16,19,21,23-26,28,30,32-36,39-40,71H,4-6,8-9,11-15,17-18,20,22,27,29,31,37-38,41-70H2,1-3H3/b10-7-,19-16-,24-21-,26-23-,28-25-,33-30-,35-32-,36-34-,40-39-. The van der Waals surface area contributed by atoms with E-state index in [0.717, 1.165) is 116 Å². The van der Waals surface area contributed by atoms with Gasteiger partial charge in [0.05, 0.1) is 0 Å². The summed E-state index contributed by atoms with van der Waals surface area (Å²) in [6.45, 7) is 6.51. The van der Waals surface area contributed by atoms with Crippen molar-refractivity contribution in [3.63, 3.8) is 0 Å². The third-order valence-corrected chi connectivity index (χ3v) is 14.5. The molecule has 6 nitrogen and oxygen atoms in total. The summed E-state index contributed by atoms with van der Waals surface area (Å²) >= 11 is 0. The molecule has 0 saturated heterocycles. The molecule has 0 saturated carbocycles. The molecule has 1 unspecified atom stereocenters. The maximum absolute atomic E-state index is 13.0. The van der Waals surface area contributed by atoms with E-state index in [1.165, 1.54) is 167 Å². The van der Waals surface area contributed by atoms with Gasteiger partial charge in [-0.25, -0.2) is 0 Å². The maximum Gasteiger partial charge on any atom is 0.306 e. The minimum Gasteiger partial charge on any atom is -0.462 e. The van der Waals surface area contributed by atoms with Gasteiger partial charge in [-0.15, -0.1) is 0 Å². The van der Waals surface area contributed by atoms with E-state index in [1.807, 2.05) is 0 Å². The lowest BCUT2D eigenvalue weighted by Gasteiger charge is -2.18. The fraction of sp³-hybridized carbons (Fsp3) is 0.716. The molecule has 1 atom stereocenters. The Labute approximate surface area is 495 Å². The van der Waals surface area contributed by atoms with E-state index in [9.17, 15) is 14.4 Å². The van der Waals surface area contributed by atoms with Crippen LogP contribution in [0.15, 0.2) is 109 Å². The van der Waals surface area contributed by atoms with Crippen LogP contribution >= 0.6 is 0 Å². The summed E-state index contributed by atoms with van der Waals surface area (Å²) in [5.74, 6) is -0.899. The Balaban J connectivity index is 4.43. The van der Waals surface area contributed by atoms with Gasteiger partial charge in [0.25, 0.3) is 0 Å². The Kier molecular flexibility index (Phi) is 64.3. The summed E-state index contributed by atoms with van der Waals surface area (Å²) in [6, 6.07) is 0.